The van der Waals surface area contributed by atoms with Crippen molar-refractivity contribution in [1.29, 1.82) is 0 Å². The summed E-state index contributed by atoms with van der Waals surface area (Å²) in [6, 6.07) is 9.86. The van der Waals surface area contributed by atoms with E-state index < -0.39 is 0 Å². The zero-order valence-corrected chi connectivity index (χ0v) is 20.2. The molecule has 0 bridgehead atoms. The maximum atomic E-state index is 13.1. The molecule has 9 nitrogen and oxygen atoms in total. The van der Waals surface area contributed by atoms with Gasteiger partial charge in [0.05, 0.1) is 32.0 Å². The molecule has 0 saturated carbocycles. The number of rotatable bonds is 11. The summed E-state index contributed by atoms with van der Waals surface area (Å²) in [5.41, 5.74) is 3.80. The van der Waals surface area contributed by atoms with Gasteiger partial charge in [-0.05, 0) is 77.5 Å². The van der Waals surface area contributed by atoms with Crippen LogP contribution in [0.1, 0.15) is 54.1 Å². The van der Waals surface area contributed by atoms with E-state index in [4.69, 9.17) is 9.15 Å². The van der Waals surface area contributed by atoms with Crippen LogP contribution in [0.2, 0.25) is 0 Å². The van der Waals surface area contributed by atoms with Crippen LogP contribution in [0.4, 0.5) is 0 Å². The van der Waals surface area contributed by atoms with Gasteiger partial charge in [-0.2, -0.15) is 0 Å². The van der Waals surface area contributed by atoms with Gasteiger partial charge < -0.3 is 14.1 Å². The largest absolute Gasteiger partial charge is 0.468 e. The molecule has 0 unspecified atom stereocenters. The van der Waals surface area contributed by atoms with Crippen molar-refractivity contribution in [1.82, 2.24) is 30.1 Å². The van der Waals surface area contributed by atoms with E-state index in [1.165, 1.54) is 5.56 Å². The number of hydrogen-bond donors (Lipinski definition) is 1. The summed E-state index contributed by atoms with van der Waals surface area (Å²) in [5.74, 6) is 1.58. The number of aryl methyl sites for hydroxylation is 2. The third-order valence-electron chi connectivity index (χ3n) is 6.22. The highest BCUT2D eigenvalue weighted by Crippen LogP contribution is 2.28. The van der Waals surface area contributed by atoms with Crippen LogP contribution in [0.3, 0.4) is 0 Å². The fourth-order valence-electron chi connectivity index (χ4n) is 4.27. The SMILES string of the molecule is CCC[C@H](c1nnnn1CCOC)N(Cc1ccco1)Cc1cc2cc(C)c(C)cc2[nH]c1=O. The molecule has 180 valence electrons. The molecule has 0 aliphatic carbocycles. The predicted octanol–water partition coefficient (Wildman–Crippen LogP) is 3.91. The lowest BCUT2D eigenvalue weighted by Gasteiger charge is -2.30. The van der Waals surface area contributed by atoms with Gasteiger partial charge in [-0.3, -0.25) is 9.69 Å². The van der Waals surface area contributed by atoms with Crippen molar-refractivity contribution in [2.45, 2.75) is 59.3 Å². The van der Waals surface area contributed by atoms with E-state index in [1.54, 1.807) is 18.1 Å². The quantitative estimate of drug-likeness (QED) is 0.359. The van der Waals surface area contributed by atoms with Crippen molar-refractivity contribution < 1.29 is 9.15 Å². The molecule has 3 heterocycles. The Balaban J connectivity index is 1.73. The molecular weight excluding hydrogens is 432 g/mol. The molecule has 0 saturated heterocycles. The number of nitrogens with zero attached hydrogens (tertiary/aromatic N) is 5. The van der Waals surface area contributed by atoms with Gasteiger partial charge in [0.25, 0.3) is 5.56 Å². The average Bonchev–Trinajstić information content (AvgIpc) is 3.49. The van der Waals surface area contributed by atoms with E-state index in [9.17, 15) is 4.79 Å². The molecule has 0 radical (unpaired) electrons. The van der Waals surface area contributed by atoms with Gasteiger partial charge in [0.2, 0.25) is 0 Å². The number of aromatic nitrogens is 5. The average molecular weight is 465 g/mol. The lowest BCUT2D eigenvalue weighted by molar-refractivity contribution is 0.138. The fraction of sp³-hybridized carbons (Fsp3) is 0.440. The normalized spacial score (nSPS) is 12.6. The molecule has 1 aromatic carbocycles. The van der Waals surface area contributed by atoms with Gasteiger partial charge >= 0.3 is 0 Å². The molecular formula is C25H32N6O3. The van der Waals surface area contributed by atoms with Gasteiger partial charge in [-0.1, -0.05) is 13.3 Å². The monoisotopic (exact) mass is 464 g/mol. The number of ether oxygens (including phenoxy) is 1. The van der Waals surface area contributed by atoms with Crippen molar-refractivity contribution in [3.8, 4) is 0 Å². The van der Waals surface area contributed by atoms with E-state index in [1.807, 2.05) is 24.3 Å². The van der Waals surface area contributed by atoms with Crippen LogP contribution in [0.15, 0.2) is 45.8 Å². The van der Waals surface area contributed by atoms with Crippen LogP contribution in [-0.4, -0.2) is 43.8 Å². The number of fused-ring (bicyclic) bond motifs is 1. The number of furan rings is 1. The molecule has 1 N–H and O–H groups in total. The predicted molar refractivity (Wildman–Crippen MR) is 129 cm³/mol. The lowest BCUT2D eigenvalue weighted by Crippen LogP contribution is -2.32. The van der Waals surface area contributed by atoms with Gasteiger partial charge in [-0.25, -0.2) is 4.68 Å². The molecule has 9 heteroatoms. The minimum atomic E-state index is -0.100. The molecule has 0 spiro atoms. The minimum Gasteiger partial charge on any atom is -0.468 e. The molecule has 0 amide bonds. The maximum absolute atomic E-state index is 13.1. The summed E-state index contributed by atoms with van der Waals surface area (Å²) in [4.78, 5) is 18.4. The van der Waals surface area contributed by atoms with E-state index in [0.29, 0.717) is 31.8 Å². The molecule has 1 atom stereocenters. The van der Waals surface area contributed by atoms with E-state index in [2.05, 4.69) is 52.2 Å². The summed E-state index contributed by atoms with van der Waals surface area (Å²) in [6.07, 6.45) is 3.43. The second kappa shape index (κ2) is 10.8. The summed E-state index contributed by atoms with van der Waals surface area (Å²) in [6.45, 7) is 8.30. The number of aromatic amines is 1. The number of benzene rings is 1. The standard InChI is InChI=1S/C25H32N6O3/c1-5-7-23(24-27-28-29-31(24)9-11-33-4)30(16-21-8-6-10-34-21)15-20-14-19-12-17(2)18(3)13-22(19)26-25(20)32/h6,8,10,12-14,23H,5,7,9,11,15-16H2,1-4H3,(H,26,32)/t23-/m1/s1. The molecule has 34 heavy (non-hydrogen) atoms. The van der Waals surface area contributed by atoms with Crippen LogP contribution in [0.25, 0.3) is 10.9 Å². The highest BCUT2D eigenvalue weighted by molar-refractivity contribution is 5.80. The Morgan fingerprint density at radius 3 is 2.76 bits per heavy atom. The molecule has 0 aliphatic rings. The Labute approximate surface area is 198 Å². The number of hydrogen-bond acceptors (Lipinski definition) is 7. The molecule has 0 fully saturated rings. The zero-order chi connectivity index (χ0) is 24.1. The molecule has 0 aliphatic heterocycles. The first-order valence-corrected chi connectivity index (χ1v) is 11.6. The van der Waals surface area contributed by atoms with Gasteiger partial charge in [0, 0.05) is 24.7 Å². The molecule has 4 rings (SSSR count). The lowest BCUT2D eigenvalue weighted by atomic mass is 10.0. The number of pyridine rings is 1. The first kappa shape index (κ1) is 23.8. The highest BCUT2D eigenvalue weighted by atomic mass is 16.5. The number of nitrogens with one attached hydrogen (secondary N) is 1. The number of methoxy groups -OCH3 is 1. The second-order valence-electron chi connectivity index (χ2n) is 8.69. The van der Waals surface area contributed by atoms with Crippen molar-refractivity contribution in [2.24, 2.45) is 0 Å². The third-order valence-corrected chi connectivity index (χ3v) is 6.22. The highest BCUT2D eigenvalue weighted by Gasteiger charge is 2.27. The van der Waals surface area contributed by atoms with Gasteiger partial charge in [-0.15, -0.1) is 5.10 Å². The topological polar surface area (TPSA) is 102 Å². The van der Waals surface area contributed by atoms with Crippen molar-refractivity contribution in [3.63, 3.8) is 0 Å². The van der Waals surface area contributed by atoms with Crippen molar-refractivity contribution >= 4 is 10.9 Å². The smallest absolute Gasteiger partial charge is 0.252 e. The Bertz CT molecular complexity index is 1280. The maximum Gasteiger partial charge on any atom is 0.252 e. The van der Waals surface area contributed by atoms with Gasteiger partial charge in [0.15, 0.2) is 5.82 Å². The molecule has 4 aromatic rings. The Morgan fingerprint density at radius 2 is 2.03 bits per heavy atom. The van der Waals surface area contributed by atoms with Crippen LogP contribution in [0, 0.1) is 13.8 Å². The molecule has 3 aromatic heterocycles. The van der Waals surface area contributed by atoms with Crippen molar-refractivity contribution in [3.05, 3.63) is 75.2 Å². The van der Waals surface area contributed by atoms with Crippen molar-refractivity contribution in [2.75, 3.05) is 13.7 Å². The fourth-order valence-corrected chi connectivity index (χ4v) is 4.27. The third kappa shape index (κ3) is 5.26. The number of H-pyrrole nitrogens is 1. The second-order valence-corrected chi connectivity index (χ2v) is 8.69. The van der Waals surface area contributed by atoms with E-state index in [-0.39, 0.29) is 11.6 Å². The van der Waals surface area contributed by atoms with E-state index in [0.717, 1.165) is 40.9 Å². The first-order chi connectivity index (χ1) is 16.5. The Morgan fingerprint density at radius 1 is 1.21 bits per heavy atom. The summed E-state index contributed by atoms with van der Waals surface area (Å²) < 4.78 is 12.7. The van der Waals surface area contributed by atoms with Crippen LogP contribution in [0.5, 0.6) is 0 Å². The first-order valence-electron chi connectivity index (χ1n) is 11.6. The number of tetrazole rings is 1. The summed E-state index contributed by atoms with van der Waals surface area (Å²) >= 11 is 0. The Kier molecular flexibility index (Phi) is 7.54. The van der Waals surface area contributed by atoms with Crippen LogP contribution < -0.4 is 5.56 Å². The van der Waals surface area contributed by atoms with E-state index >= 15 is 0 Å². The zero-order valence-electron chi connectivity index (χ0n) is 20.2. The Hall–Kier alpha value is -3.30. The van der Waals surface area contributed by atoms with Crippen LogP contribution >= 0.6 is 0 Å². The summed E-state index contributed by atoms with van der Waals surface area (Å²) in [5, 5.41) is 13.5. The van der Waals surface area contributed by atoms with Gasteiger partial charge in [0.1, 0.15) is 5.76 Å². The van der Waals surface area contributed by atoms with Crippen LogP contribution in [-0.2, 0) is 24.4 Å². The summed E-state index contributed by atoms with van der Waals surface area (Å²) in [7, 11) is 1.66. The minimum absolute atomic E-state index is 0.0885.